The van der Waals surface area contributed by atoms with Crippen LogP contribution in [0.4, 0.5) is 5.69 Å². The fraction of sp³-hybridized carbons (Fsp3) is 0.333. The first-order chi connectivity index (χ1) is 14.5. The van der Waals surface area contributed by atoms with Gasteiger partial charge in [-0.3, -0.25) is 9.59 Å². The number of nitrogens with one attached hydrogen (secondary N) is 1. The Morgan fingerprint density at radius 3 is 2.70 bits per heavy atom. The molecule has 1 aromatic heterocycles. The highest BCUT2D eigenvalue weighted by Gasteiger charge is 2.31. The smallest absolute Gasteiger partial charge is 0.270 e. The number of anilines is 1. The molecule has 1 aliphatic heterocycles. The van der Waals surface area contributed by atoms with E-state index in [0.29, 0.717) is 36.6 Å². The van der Waals surface area contributed by atoms with Crippen LogP contribution in [0.1, 0.15) is 34.5 Å². The van der Waals surface area contributed by atoms with Gasteiger partial charge in [0, 0.05) is 31.9 Å². The van der Waals surface area contributed by atoms with E-state index in [1.54, 1.807) is 12.0 Å². The fourth-order valence-electron chi connectivity index (χ4n) is 4.23. The van der Waals surface area contributed by atoms with Gasteiger partial charge in [-0.15, -0.1) is 0 Å². The largest absolute Gasteiger partial charge is 0.497 e. The monoisotopic (exact) mass is 405 g/mol. The van der Waals surface area contributed by atoms with Crippen LogP contribution in [0.5, 0.6) is 5.75 Å². The molecule has 30 heavy (non-hydrogen) atoms. The van der Waals surface area contributed by atoms with Crippen LogP contribution in [0, 0.1) is 6.92 Å². The molecule has 0 unspecified atom stereocenters. The Bertz CT molecular complexity index is 1120. The zero-order valence-electron chi connectivity index (χ0n) is 17.7. The van der Waals surface area contributed by atoms with Gasteiger partial charge in [0.25, 0.3) is 5.91 Å². The van der Waals surface area contributed by atoms with Crippen LogP contribution in [0.2, 0.25) is 0 Å². The van der Waals surface area contributed by atoms with Crippen LogP contribution in [0.3, 0.4) is 0 Å². The normalized spacial score (nSPS) is 13.8. The van der Waals surface area contributed by atoms with Crippen LogP contribution in [-0.2, 0) is 18.3 Å². The van der Waals surface area contributed by atoms with Crippen molar-refractivity contribution in [2.75, 3.05) is 25.1 Å². The highest BCUT2D eigenvalue weighted by Crippen LogP contribution is 2.37. The number of ether oxygens (including phenoxy) is 1. The molecule has 6 heteroatoms. The average molecular weight is 405 g/mol. The maximum atomic E-state index is 13.2. The highest BCUT2D eigenvalue weighted by atomic mass is 16.5. The minimum Gasteiger partial charge on any atom is -0.497 e. The van der Waals surface area contributed by atoms with Gasteiger partial charge in [0.15, 0.2) is 0 Å². The second kappa shape index (κ2) is 8.22. The van der Waals surface area contributed by atoms with Crippen LogP contribution in [0.15, 0.2) is 42.5 Å². The zero-order chi connectivity index (χ0) is 21.3. The number of nitrogens with zero attached hydrogens (tertiary/aromatic N) is 2. The number of hydrogen-bond donors (Lipinski definition) is 1. The van der Waals surface area contributed by atoms with Crippen molar-refractivity contribution in [1.82, 2.24) is 9.88 Å². The van der Waals surface area contributed by atoms with E-state index >= 15 is 0 Å². The van der Waals surface area contributed by atoms with Crippen LogP contribution in [-0.4, -0.2) is 36.6 Å². The number of methoxy groups -OCH3 is 1. The lowest BCUT2D eigenvalue weighted by Gasteiger charge is -2.18. The highest BCUT2D eigenvalue weighted by molar-refractivity contribution is 6.14. The Morgan fingerprint density at radius 2 is 2.00 bits per heavy atom. The molecule has 0 saturated carbocycles. The van der Waals surface area contributed by atoms with E-state index in [1.807, 2.05) is 41.9 Å². The van der Waals surface area contributed by atoms with Gasteiger partial charge in [-0.05, 0) is 49.1 Å². The summed E-state index contributed by atoms with van der Waals surface area (Å²) in [6, 6.07) is 13.9. The first-order valence-electron chi connectivity index (χ1n) is 10.3. The van der Waals surface area contributed by atoms with Crippen molar-refractivity contribution in [1.29, 1.82) is 0 Å². The number of carbonyl (C=O) groups is 2. The molecule has 0 radical (unpaired) electrons. The number of hydrogen-bond acceptors (Lipinski definition) is 3. The van der Waals surface area contributed by atoms with Crippen molar-refractivity contribution < 1.29 is 14.3 Å². The topological polar surface area (TPSA) is 63.6 Å². The molecule has 0 spiro atoms. The van der Waals surface area contributed by atoms with Gasteiger partial charge in [0.2, 0.25) is 5.91 Å². The standard InChI is InChI=1S/C24H27N3O3/c1-16-7-4-5-8-17(16)12-13-25-24(29)23-22(27-14-6-9-21(27)28)19-15-18(30-3)10-11-20(19)26(23)2/h4-5,7-8,10-11,15H,6,9,12-14H2,1-3H3,(H,25,29). The first-order valence-corrected chi connectivity index (χ1v) is 10.3. The summed E-state index contributed by atoms with van der Waals surface area (Å²) in [5.74, 6) is 0.586. The molecule has 0 aliphatic carbocycles. The Morgan fingerprint density at radius 1 is 1.20 bits per heavy atom. The lowest BCUT2D eigenvalue weighted by Crippen LogP contribution is -2.31. The zero-order valence-corrected chi connectivity index (χ0v) is 17.7. The predicted molar refractivity (Wildman–Crippen MR) is 118 cm³/mol. The number of aromatic nitrogens is 1. The SMILES string of the molecule is COc1ccc2c(c1)c(N1CCCC1=O)c(C(=O)NCCc1ccccc1C)n2C. The van der Waals surface area contributed by atoms with Gasteiger partial charge in [0.05, 0.1) is 18.3 Å². The van der Waals surface area contributed by atoms with Crippen molar-refractivity contribution in [3.05, 3.63) is 59.3 Å². The van der Waals surface area contributed by atoms with Crippen LogP contribution in [0.25, 0.3) is 10.9 Å². The third-order valence-corrected chi connectivity index (χ3v) is 5.88. The molecule has 2 heterocycles. The van der Waals surface area contributed by atoms with Gasteiger partial charge >= 0.3 is 0 Å². The summed E-state index contributed by atoms with van der Waals surface area (Å²) in [7, 11) is 3.49. The first kappa shape index (κ1) is 20.0. The molecule has 2 aromatic carbocycles. The minimum atomic E-state index is -0.170. The average Bonchev–Trinajstić information content (AvgIpc) is 3.29. The Labute approximate surface area is 176 Å². The summed E-state index contributed by atoms with van der Waals surface area (Å²) >= 11 is 0. The molecule has 1 fully saturated rings. The summed E-state index contributed by atoms with van der Waals surface area (Å²) in [4.78, 5) is 27.5. The molecule has 1 aliphatic rings. The summed E-state index contributed by atoms with van der Waals surface area (Å²) in [6.07, 6.45) is 2.07. The van der Waals surface area contributed by atoms with E-state index in [0.717, 1.165) is 23.7 Å². The molecule has 1 saturated heterocycles. The minimum absolute atomic E-state index is 0.0549. The second-order valence-electron chi connectivity index (χ2n) is 7.72. The number of benzene rings is 2. The molecule has 6 nitrogen and oxygen atoms in total. The number of amides is 2. The third kappa shape index (κ3) is 3.54. The van der Waals surface area contributed by atoms with Crippen molar-refractivity contribution in [2.24, 2.45) is 7.05 Å². The number of aryl methyl sites for hydroxylation is 2. The molecule has 156 valence electrons. The lowest BCUT2D eigenvalue weighted by molar-refractivity contribution is -0.117. The Kier molecular flexibility index (Phi) is 5.48. The van der Waals surface area contributed by atoms with E-state index in [2.05, 4.69) is 24.4 Å². The van der Waals surface area contributed by atoms with Crippen molar-refractivity contribution in [3.63, 3.8) is 0 Å². The number of fused-ring (bicyclic) bond motifs is 1. The quantitative estimate of drug-likeness (QED) is 0.682. The summed E-state index contributed by atoms with van der Waals surface area (Å²) in [6.45, 7) is 3.23. The number of rotatable bonds is 6. The Balaban J connectivity index is 1.68. The summed E-state index contributed by atoms with van der Waals surface area (Å²) in [5, 5.41) is 3.91. The van der Waals surface area contributed by atoms with E-state index < -0.39 is 0 Å². The van der Waals surface area contributed by atoms with E-state index in [9.17, 15) is 9.59 Å². The van der Waals surface area contributed by atoms with Gasteiger partial charge in [-0.25, -0.2) is 0 Å². The van der Waals surface area contributed by atoms with Crippen molar-refractivity contribution >= 4 is 28.4 Å². The van der Waals surface area contributed by atoms with E-state index in [4.69, 9.17) is 4.74 Å². The third-order valence-electron chi connectivity index (χ3n) is 5.88. The molecule has 2 amide bonds. The number of carbonyl (C=O) groups excluding carboxylic acids is 2. The maximum Gasteiger partial charge on any atom is 0.270 e. The van der Waals surface area contributed by atoms with Crippen molar-refractivity contribution in [3.8, 4) is 5.75 Å². The van der Waals surface area contributed by atoms with Crippen molar-refractivity contribution in [2.45, 2.75) is 26.2 Å². The predicted octanol–water partition coefficient (Wildman–Crippen LogP) is 3.59. The van der Waals surface area contributed by atoms with Gasteiger partial charge < -0.3 is 19.5 Å². The lowest BCUT2D eigenvalue weighted by atomic mass is 10.1. The maximum absolute atomic E-state index is 13.2. The van der Waals surface area contributed by atoms with E-state index in [-0.39, 0.29) is 11.8 Å². The summed E-state index contributed by atoms with van der Waals surface area (Å²) in [5.41, 5.74) is 4.52. The van der Waals surface area contributed by atoms with Crippen LogP contribution < -0.4 is 15.0 Å². The molecular formula is C24H27N3O3. The van der Waals surface area contributed by atoms with Gasteiger partial charge in [-0.1, -0.05) is 24.3 Å². The van der Waals surface area contributed by atoms with Crippen LogP contribution >= 0.6 is 0 Å². The molecule has 0 atom stereocenters. The molecule has 4 rings (SSSR count). The molecule has 3 aromatic rings. The fourth-order valence-corrected chi connectivity index (χ4v) is 4.23. The van der Waals surface area contributed by atoms with Gasteiger partial charge in [0.1, 0.15) is 11.4 Å². The molecule has 1 N–H and O–H groups in total. The molecular weight excluding hydrogens is 378 g/mol. The summed E-state index contributed by atoms with van der Waals surface area (Å²) < 4.78 is 7.26. The second-order valence-corrected chi connectivity index (χ2v) is 7.72. The molecule has 0 bridgehead atoms. The van der Waals surface area contributed by atoms with Gasteiger partial charge in [-0.2, -0.15) is 0 Å². The Hall–Kier alpha value is -3.28. The van der Waals surface area contributed by atoms with E-state index in [1.165, 1.54) is 11.1 Å².